The number of nitrogens with two attached hydrogens (primary N) is 1. The Hall–Kier alpha value is 0.230. The highest BCUT2D eigenvalue weighted by Crippen LogP contribution is 1.99. The van der Waals surface area contributed by atoms with E-state index < -0.39 is 6.10 Å². The van der Waals surface area contributed by atoms with Crippen LogP contribution in [-0.4, -0.2) is 16.6 Å². The smallest absolute Gasteiger partial charge is 0.0893 e. The molecule has 0 aliphatic carbocycles. The molecule has 4 N–H and O–H groups in total. The van der Waals surface area contributed by atoms with Crippen LogP contribution in [0.15, 0.2) is 0 Å². The fourth-order valence-electron chi connectivity index (χ4n) is 0.334. The number of thiol groups is 1. The van der Waals surface area contributed by atoms with Crippen molar-refractivity contribution in [2.24, 2.45) is 5.84 Å². The molecule has 50 valence electrons. The van der Waals surface area contributed by atoms with E-state index in [0.717, 1.165) is 0 Å². The molecule has 3 nitrogen and oxygen atoms in total. The Kier molecular flexibility index (Phi) is 4.26. The fourth-order valence-corrected chi connectivity index (χ4v) is 0.545. The lowest BCUT2D eigenvalue weighted by molar-refractivity contribution is 0.157. The predicted molar refractivity (Wildman–Crippen MR) is 36.4 cm³/mol. The van der Waals surface area contributed by atoms with Gasteiger partial charge in [0, 0.05) is 0 Å². The molecule has 0 saturated heterocycles. The van der Waals surface area contributed by atoms with Gasteiger partial charge >= 0.3 is 0 Å². The van der Waals surface area contributed by atoms with Crippen molar-refractivity contribution in [1.29, 1.82) is 0 Å². The van der Waals surface area contributed by atoms with Crippen molar-refractivity contribution in [3.05, 3.63) is 0 Å². The second-order valence-corrected chi connectivity index (χ2v) is 2.14. The molecule has 0 radical (unpaired) electrons. The van der Waals surface area contributed by atoms with Gasteiger partial charge in [0.15, 0.2) is 0 Å². The predicted octanol–water partition coefficient (Wildman–Crippen LogP) is -0.524. The van der Waals surface area contributed by atoms with Crippen molar-refractivity contribution in [2.75, 3.05) is 0 Å². The Morgan fingerprint density at radius 2 is 2.38 bits per heavy atom. The van der Waals surface area contributed by atoms with E-state index in [9.17, 15) is 0 Å². The van der Waals surface area contributed by atoms with Crippen LogP contribution in [0.1, 0.15) is 13.3 Å². The molecule has 0 aromatic carbocycles. The second-order valence-electron chi connectivity index (χ2n) is 1.59. The SMILES string of the molecule is CCC(O)C(S)NN. The third-order valence-corrected chi connectivity index (χ3v) is 1.45. The Bertz CT molecular complexity index is 54.0. The number of nitrogens with one attached hydrogen (secondary N) is 1. The van der Waals surface area contributed by atoms with Crippen molar-refractivity contribution in [1.82, 2.24) is 5.43 Å². The molecule has 0 aromatic rings. The molecule has 8 heavy (non-hydrogen) atoms. The minimum absolute atomic E-state index is 0.306. The summed E-state index contributed by atoms with van der Waals surface area (Å²) < 4.78 is 0. The minimum atomic E-state index is -0.455. The highest BCUT2D eigenvalue weighted by Gasteiger charge is 2.08. The van der Waals surface area contributed by atoms with E-state index in [2.05, 4.69) is 18.1 Å². The van der Waals surface area contributed by atoms with E-state index in [1.165, 1.54) is 0 Å². The topological polar surface area (TPSA) is 58.3 Å². The summed E-state index contributed by atoms with van der Waals surface area (Å²) in [5.41, 5.74) is 2.33. The Morgan fingerprint density at radius 1 is 1.88 bits per heavy atom. The summed E-state index contributed by atoms with van der Waals surface area (Å²) in [5.74, 6) is 4.96. The first-order valence-electron chi connectivity index (χ1n) is 2.54. The molecule has 0 amide bonds. The molecule has 0 fully saturated rings. The molecule has 0 bridgehead atoms. The van der Waals surface area contributed by atoms with Crippen LogP contribution in [0.5, 0.6) is 0 Å². The maximum Gasteiger partial charge on any atom is 0.0893 e. The molecule has 0 rings (SSSR count). The first-order chi connectivity index (χ1) is 3.72. The number of hydrogen-bond acceptors (Lipinski definition) is 4. The molecule has 0 heterocycles. The Morgan fingerprint density at radius 3 is 2.50 bits per heavy atom. The summed E-state index contributed by atoms with van der Waals surface area (Å²) in [6.45, 7) is 1.87. The van der Waals surface area contributed by atoms with Gasteiger partial charge in [0.1, 0.15) is 0 Å². The molecule has 0 aliphatic rings. The van der Waals surface area contributed by atoms with Gasteiger partial charge < -0.3 is 5.11 Å². The van der Waals surface area contributed by atoms with Crippen molar-refractivity contribution in [3.8, 4) is 0 Å². The molecule has 2 unspecified atom stereocenters. The lowest BCUT2D eigenvalue weighted by Gasteiger charge is -2.13. The van der Waals surface area contributed by atoms with Gasteiger partial charge in [-0.15, -0.1) is 0 Å². The molecule has 2 atom stereocenters. The zero-order valence-electron chi connectivity index (χ0n) is 4.83. The maximum atomic E-state index is 8.91. The van der Waals surface area contributed by atoms with E-state index in [1.54, 1.807) is 0 Å². The minimum Gasteiger partial charge on any atom is -0.391 e. The van der Waals surface area contributed by atoms with Gasteiger partial charge in [-0.3, -0.25) is 5.84 Å². The van der Waals surface area contributed by atoms with Crippen LogP contribution in [0.2, 0.25) is 0 Å². The van der Waals surface area contributed by atoms with E-state index in [-0.39, 0.29) is 5.37 Å². The largest absolute Gasteiger partial charge is 0.391 e. The average Bonchev–Trinajstić information content (AvgIpc) is 1.84. The molecular weight excluding hydrogens is 124 g/mol. The van der Waals surface area contributed by atoms with Gasteiger partial charge in [-0.1, -0.05) is 6.92 Å². The summed E-state index contributed by atoms with van der Waals surface area (Å²) in [6.07, 6.45) is 0.210. The molecule has 4 heteroatoms. The van der Waals surface area contributed by atoms with E-state index in [1.807, 2.05) is 6.92 Å². The molecule has 0 aliphatic heterocycles. The summed E-state index contributed by atoms with van der Waals surface area (Å²) in [4.78, 5) is 0. The molecule has 0 spiro atoms. The van der Waals surface area contributed by atoms with Gasteiger partial charge in [0.25, 0.3) is 0 Å². The second kappa shape index (κ2) is 4.14. The van der Waals surface area contributed by atoms with Crippen LogP contribution < -0.4 is 11.3 Å². The summed E-state index contributed by atoms with van der Waals surface area (Å²) >= 11 is 3.92. The van der Waals surface area contributed by atoms with Gasteiger partial charge in [0.2, 0.25) is 0 Å². The summed E-state index contributed by atoms with van der Waals surface area (Å²) in [5, 5.41) is 8.60. The van der Waals surface area contributed by atoms with Crippen LogP contribution in [0.3, 0.4) is 0 Å². The van der Waals surface area contributed by atoms with Gasteiger partial charge in [-0.25, -0.2) is 5.43 Å². The maximum absolute atomic E-state index is 8.91. The molecule has 0 saturated carbocycles. The van der Waals surface area contributed by atoms with Gasteiger partial charge in [-0.2, -0.15) is 12.6 Å². The molecule has 0 aromatic heterocycles. The van der Waals surface area contributed by atoms with Crippen LogP contribution in [-0.2, 0) is 0 Å². The quantitative estimate of drug-likeness (QED) is 0.183. The number of aliphatic hydroxyl groups excluding tert-OH is 1. The zero-order valence-corrected chi connectivity index (χ0v) is 5.73. The zero-order chi connectivity index (χ0) is 6.57. The third-order valence-electron chi connectivity index (χ3n) is 0.953. The highest BCUT2D eigenvalue weighted by molar-refractivity contribution is 7.80. The Balaban J connectivity index is 3.29. The monoisotopic (exact) mass is 136 g/mol. The van der Waals surface area contributed by atoms with Crippen molar-refractivity contribution < 1.29 is 5.11 Å². The lowest BCUT2D eigenvalue weighted by atomic mass is 10.3. The van der Waals surface area contributed by atoms with Crippen LogP contribution in [0.25, 0.3) is 0 Å². The lowest BCUT2D eigenvalue weighted by Crippen LogP contribution is -2.39. The number of hydrazine groups is 1. The molecular formula is C4H12N2OS. The van der Waals surface area contributed by atoms with Crippen molar-refractivity contribution in [3.63, 3.8) is 0 Å². The van der Waals surface area contributed by atoms with E-state index in [4.69, 9.17) is 10.9 Å². The Labute approximate surface area is 54.6 Å². The van der Waals surface area contributed by atoms with Crippen LogP contribution in [0, 0.1) is 0 Å². The first-order valence-corrected chi connectivity index (χ1v) is 3.06. The third kappa shape index (κ3) is 2.52. The standard InChI is InChI=1S/C4H12N2OS/c1-2-3(7)4(8)6-5/h3-4,6-8H,2,5H2,1H3. The van der Waals surface area contributed by atoms with Gasteiger partial charge in [-0.05, 0) is 6.42 Å². The summed E-state index contributed by atoms with van der Waals surface area (Å²) in [7, 11) is 0. The number of hydrogen-bond donors (Lipinski definition) is 4. The van der Waals surface area contributed by atoms with Gasteiger partial charge in [0.05, 0.1) is 11.5 Å². The first kappa shape index (κ1) is 8.23. The highest BCUT2D eigenvalue weighted by atomic mass is 32.1. The van der Waals surface area contributed by atoms with Crippen molar-refractivity contribution in [2.45, 2.75) is 24.8 Å². The average molecular weight is 136 g/mol. The normalized spacial score (nSPS) is 18.0. The van der Waals surface area contributed by atoms with E-state index in [0.29, 0.717) is 6.42 Å². The van der Waals surface area contributed by atoms with Crippen molar-refractivity contribution >= 4 is 12.6 Å². The number of aliphatic hydroxyl groups is 1. The fraction of sp³-hybridized carbons (Fsp3) is 1.00. The van der Waals surface area contributed by atoms with Crippen LogP contribution >= 0.6 is 12.6 Å². The summed E-state index contributed by atoms with van der Waals surface area (Å²) in [6, 6.07) is 0. The van der Waals surface area contributed by atoms with Crippen LogP contribution in [0.4, 0.5) is 0 Å². The van der Waals surface area contributed by atoms with E-state index >= 15 is 0 Å². The number of rotatable bonds is 3.